The molecule has 2 heterocycles. The summed E-state index contributed by atoms with van der Waals surface area (Å²) in [6, 6.07) is 1.59. The van der Waals surface area contributed by atoms with Crippen molar-refractivity contribution >= 4 is 21.6 Å². The van der Waals surface area contributed by atoms with Gasteiger partial charge in [0.25, 0.3) is 0 Å². The van der Waals surface area contributed by atoms with Crippen LogP contribution in [0, 0.1) is 0 Å². The van der Waals surface area contributed by atoms with E-state index in [0.29, 0.717) is 11.2 Å². The fourth-order valence-electron chi connectivity index (χ4n) is 1.50. The SMILES string of the molecule is CC(C)(C)c1nc(C(F)(F)F)nc2ccsc12. The van der Waals surface area contributed by atoms with E-state index in [-0.39, 0.29) is 0 Å². The van der Waals surface area contributed by atoms with Crippen molar-refractivity contribution in [1.29, 1.82) is 0 Å². The lowest BCUT2D eigenvalue weighted by Crippen LogP contribution is -2.19. The Hall–Kier alpha value is -1.17. The minimum absolute atomic E-state index is 0.363. The molecule has 0 saturated heterocycles. The molecule has 0 aliphatic heterocycles. The minimum atomic E-state index is -4.50. The third-order valence-corrected chi connectivity index (χ3v) is 3.18. The first kappa shape index (κ1) is 12.3. The molecule has 0 unspecified atom stereocenters. The molecule has 2 aromatic rings. The smallest absolute Gasteiger partial charge is 0.227 e. The van der Waals surface area contributed by atoms with Gasteiger partial charge in [-0.15, -0.1) is 11.3 Å². The molecule has 0 radical (unpaired) electrons. The summed E-state index contributed by atoms with van der Waals surface area (Å²) in [5, 5.41) is 1.73. The fourth-order valence-corrected chi connectivity index (χ4v) is 2.53. The van der Waals surface area contributed by atoms with Crippen LogP contribution in [0.3, 0.4) is 0 Å². The number of rotatable bonds is 0. The van der Waals surface area contributed by atoms with Gasteiger partial charge in [0, 0.05) is 5.41 Å². The van der Waals surface area contributed by atoms with Crippen molar-refractivity contribution in [1.82, 2.24) is 9.97 Å². The van der Waals surface area contributed by atoms with E-state index in [1.54, 1.807) is 11.4 Å². The van der Waals surface area contributed by atoms with Crippen molar-refractivity contribution in [3.63, 3.8) is 0 Å². The lowest BCUT2D eigenvalue weighted by molar-refractivity contribution is -0.144. The van der Waals surface area contributed by atoms with Crippen LogP contribution < -0.4 is 0 Å². The molecular weight excluding hydrogens is 249 g/mol. The Balaban J connectivity index is 2.76. The molecule has 0 bridgehead atoms. The van der Waals surface area contributed by atoms with Crippen molar-refractivity contribution in [2.45, 2.75) is 32.4 Å². The van der Waals surface area contributed by atoms with Crippen LogP contribution in [0.15, 0.2) is 11.4 Å². The standard InChI is InChI=1S/C11H11F3N2S/c1-10(2,3)8-7-6(4-5-17-7)15-9(16-8)11(12,13)14/h4-5H,1-3H3. The second-order valence-corrected chi connectivity index (χ2v) is 5.69. The third-order valence-electron chi connectivity index (χ3n) is 2.27. The maximum Gasteiger partial charge on any atom is 0.451 e. The summed E-state index contributed by atoms with van der Waals surface area (Å²) in [5.41, 5.74) is 0.374. The summed E-state index contributed by atoms with van der Waals surface area (Å²) in [5.74, 6) is -1.06. The molecule has 17 heavy (non-hydrogen) atoms. The predicted octanol–water partition coefficient (Wildman–Crippen LogP) is 4.01. The molecule has 2 nitrogen and oxygen atoms in total. The molecule has 6 heteroatoms. The van der Waals surface area contributed by atoms with Gasteiger partial charge in [-0.25, -0.2) is 9.97 Å². The quantitative estimate of drug-likeness (QED) is 0.715. The number of fused-ring (bicyclic) bond motifs is 1. The zero-order chi connectivity index (χ0) is 12.8. The van der Waals surface area contributed by atoms with Gasteiger partial charge in [-0.05, 0) is 11.4 Å². The van der Waals surface area contributed by atoms with E-state index < -0.39 is 17.4 Å². The first-order chi connectivity index (χ1) is 7.69. The van der Waals surface area contributed by atoms with E-state index in [1.807, 2.05) is 20.8 Å². The van der Waals surface area contributed by atoms with Crippen molar-refractivity contribution in [3.05, 3.63) is 23.0 Å². The Morgan fingerprint density at radius 3 is 2.29 bits per heavy atom. The van der Waals surface area contributed by atoms with Crippen LogP contribution >= 0.6 is 11.3 Å². The molecule has 92 valence electrons. The zero-order valence-electron chi connectivity index (χ0n) is 9.59. The van der Waals surface area contributed by atoms with Gasteiger partial charge in [0.15, 0.2) is 0 Å². The first-order valence-electron chi connectivity index (χ1n) is 5.02. The Bertz CT molecular complexity index is 552. The summed E-state index contributed by atoms with van der Waals surface area (Å²) < 4.78 is 38.7. The molecule has 0 aromatic carbocycles. The maximum absolute atomic E-state index is 12.7. The van der Waals surface area contributed by atoms with Gasteiger partial charge < -0.3 is 0 Å². The highest BCUT2D eigenvalue weighted by atomic mass is 32.1. The average Bonchev–Trinajstić information content (AvgIpc) is 2.59. The van der Waals surface area contributed by atoms with E-state index in [1.165, 1.54) is 11.3 Å². The fraction of sp³-hybridized carbons (Fsp3) is 0.455. The van der Waals surface area contributed by atoms with E-state index in [9.17, 15) is 13.2 Å². The number of aromatic nitrogens is 2. The first-order valence-corrected chi connectivity index (χ1v) is 5.90. The Kier molecular flexibility index (Phi) is 2.65. The molecule has 0 fully saturated rings. The highest BCUT2D eigenvalue weighted by Crippen LogP contribution is 2.34. The second kappa shape index (κ2) is 3.66. The maximum atomic E-state index is 12.7. The monoisotopic (exact) mass is 260 g/mol. The van der Waals surface area contributed by atoms with Gasteiger partial charge in [0.1, 0.15) is 0 Å². The number of hydrogen-bond acceptors (Lipinski definition) is 3. The lowest BCUT2D eigenvalue weighted by Gasteiger charge is -2.19. The average molecular weight is 260 g/mol. The Morgan fingerprint density at radius 1 is 1.12 bits per heavy atom. The third kappa shape index (κ3) is 2.26. The van der Waals surface area contributed by atoms with Gasteiger partial charge in [-0.1, -0.05) is 20.8 Å². The van der Waals surface area contributed by atoms with Crippen LogP contribution in [-0.4, -0.2) is 9.97 Å². The lowest BCUT2D eigenvalue weighted by atomic mass is 9.91. The number of nitrogens with zero attached hydrogens (tertiary/aromatic N) is 2. The van der Waals surface area contributed by atoms with Gasteiger partial charge in [0.2, 0.25) is 5.82 Å². The number of alkyl halides is 3. The Morgan fingerprint density at radius 2 is 1.76 bits per heavy atom. The van der Waals surface area contributed by atoms with Crippen LogP contribution in [-0.2, 0) is 11.6 Å². The van der Waals surface area contributed by atoms with Crippen molar-refractivity contribution in [3.8, 4) is 0 Å². The molecule has 0 atom stereocenters. The molecule has 0 amide bonds. The summed E-state index contributed by atoms with van der Waals surface area (Å²) in [6.45, 7) is 5.53. The molecule has 0 spiro atoms. The van der Waals surface area contributed by atoms with E-state index in [0.717, 1.165) is 4.70 Å². The molecule has 0 N–H and O–H groups in total. The topological polar surface area (TPSA) is 25.8 Å². The van der Waals surface area contributed by atoms with E-state index in [4.69, 9.17) is 0 Å². The van der Waals surface area contributed by atoms with Gasteiger partial charge in [-0.2, -0.15) is 13.2 Å². The van der Waals surface area contributed by atoms with Gasteiger partial charge in [-0.3, -0.25) is 0 Å². The summed E-state index contributed by atoms with van der Waals surface area (Å²) >= 11 is 1.37. The normalized spacial score (nSPS) is 13.3. The number of hydrogen-bond donors (Lipinski definition) is 0. The van der Waals surface area contributed by atoms with Crippen LogP contribution in [0.25, 0.3) is 10.2 Å². The number of thiophene rings is 1. The zero-order valence-corrected chi connectivity index (χ0v) is 10.4. The van der Waals surface area contributed by atoms with E-state index in [2.05, 4.69) is 9.97 Å². The van der Waals surface area contributed by atoms with Crippen molar-refractivity contribution in [2.24, 2.45) is 0 Å². The molecule has 0 aliphatic carbocycles. The van der Waals surface area contributed by atoms with Crippen LogP contribution in [0.1, 0.15) is 32.3 Å². The molecule has 0 aliphatic rings. The van der Waals surface area contributed by atoms with Crippen molar-refractivity contribution < 1.29 is 13.2 Å². The minimum Gasteiger partial charge on any atom is -0.227 e. The van der Waals surface area contributed by atoms with Gasteiger partial charge >= 0.3 is 6.18 Å². The Labute approximate surface area is 101 Å². The summed E-state index contributed by atoms with van der Waals surface area (Å²) in [6.07, 6.45) is -4.50. The van der Waals surface area contributed by atoms with Crippen LogP contribution in [0.5, 0.6) is 0 Å². The van der Waals surface area contributed by atoms with Crippen LogP contribution in [0.4, 0.5) is 13.2 Å². The molecule has 2 rings (SSSR count). The molecule has 0 saturated carbocycles. The predicted molar refractivity (Wildman–Crippen MR) is 61.1 cm³/mol. The summed E-state index contributed by atoms with van der Waals surface area (Å²) in [4.78, 5) is 7.24. The highest BCUT2D eigenvalue weighted by Gasteiger charge is 2.36. The second-order valence-electron chi connectivity index (χ2n) is 4.78. The van der Waals surface area contributed by atoms with Gasteiger partial charge in [0.05, 0.1) is 15.9 Å². The highest BCUT2D eigenvalue weighted by molar-refractivity contribution is 7.17. The van der Waals surface area contributed by atoms with Crippen molar-refractivity contribution in [2.75, 3.05) is 0 Å². The van der Waals surface area contributed by atoms with Crippen LogP contribution in [0.2, 0.25) is 0 Å². The number of halogens is 3. The molecule has 2 aromatic heterocycles. The largest absolute Gasteiger partial charge is 0.451 e. The van der Waals surface area contributed by atoms with E-state index >= 15 is 0 Å². The molecular formula is C11H11F3N2S. The summed E-state index contributed by atoms with van der Waals surface area (Å²) in [7, 11) is 0.